The summed E-state index contributed by atoms with van der Waals surface area (Å²) in [5.41, 5.74) is 3.76. The monoisotopic (exact) mass is 248 g/mol. The lowest BCUT2D eigenvalue weighted by molar-refractivity contribution is 0.101. The molecule has 0 unspecified atom stereocenters. The molecule has 0 aliphatic rings. The number of carbonyl (C=O) groups is 1. The van der Waals surface area contributed by atoms with Crippen molar-refractivity contribution in [3.8, 4) is 0 Å². The predicted molar refractivity (Wildman–Crippen MR) is 67.8 cm³/mol. The summed E-state index contributed by atoms with van der Waals surface area (Å²) >= 11 is 5.68. The highest BCUT2D eigenvalue weighted by atomic mass is 35.5. The molecule has 0 aliphatic carbocycles. The minimum atomic E-state index is -0.119. The van der Waals surface area contributed by atoms with Crippen molar-refractivity contribution in [2.24, 2.45) is 0 Å². The van der Waals surface area contributed by atoms with E-state index in [1.807, 2.05) is 32.9 Å². The molecular formula is C14H13ClO2. The van der Waals surface area contributed by atoms with Crippen LogP contribution < -0.4 is 0 Å². The third kappa shape index (κ3) is 2.27. The summed E-state index contributed by atoms with van der Waals surface area (Å²) < 4.78 is 5.16. The molecule has 17 heavy (non-hydrogen) atoms. The van der Waals surface area contributed by atoms with Gasteiger partial charge in [-0.2, -0.15) is 0 Å². The van der Waals surface area contributed by atoms with E-state index in [9.17, 15) is 4.79 Å². The summed E-state index contributed by atoms with van der Waals surface area (Å²) in [6.45, 7) is 5.87. The van der Waals surface area contributed by atoms with Gasteiger partial charge in [0.2, 0.25) is 5.78 Å². The zero-order valence-corrected chi connectivity index (χ0v) is 10.8. The largest absolute Gasteiger partial charge is 0.441 e. The maximum atomic E-state index is 12.3. The Hall–Kier alpha value is -1.54. The van der Waals surface area contributed by atoms with Gasteiger partial charge in [0.05, 0.1) is 0 Å². The molecule has 0 radical (unpaired) electrons. The van der Waals surface area contributed by atoms with Crippen molar-refractivity contribution >= 4 is 17.4 Å². The van der Waals surface area contributed by atoms with Crippen molar-refractivity contribution in [2.75, 3.05) is 0 Å². The van der Waals surface area contributed by atoms with Crippen molar-refractivity contribution in [2.45, 2.75) is 20.8 Å². The molecular weight excluding hydrogens is 236 g/mol. The molecule has 2 aromatic rings. The van der Waals surface area contributed by atoms with Crippen molar-refractivity contribution in [1.29, 1.82) is 0 Å². The van der Waals surface area contributed by atoms with E-state index in [2.05, 4.69) is 0 Å². The van der Waals surface area contributed by atoms with E-state index in [1.165, 1.54) is 0 Å². The molecule has 88 valence electrons. The first kappa shape index (κ1) is 11.9. The van der Waals surface area contributed by atoms with Gasteiger partial charge in [-0.05, 0) is 55.6 Å². The molecule has 0 aliphatic heterocycles. The van der Waals surface area contributed by atoms with Gasteiger partial charge >= 0.3 is 0 Å². The van der Waals surface area contributed by atoms with Crippen LogP contribution in [0.5, 0.6) is 0 Å². The zero-order chi connectivity index (χ0) is 12.6. The molecule has 0 spiro atoms. The van der Waals surface area contributed by atoms with Crippen LogP contribution in [0.15, 0.2) is 28.7 Å². The Morgan fingerprint density at radius 1 is 1.12 bits per heavy atom. The van der Waals surface area contributed by atoms with E-state index in [4.69, 9.17) is 16.0 Å². The Labute approximate surface area is 105 Å². The Morgan fingerprint density at radius 2 is 1.71 bits per heavy atom. The highest BCUT2D eigenvalue weighted by Gasteiger charge is 2.17. The van der Waals surface area contributed by atoms with Gasteiger partial charge in [-0.3, -0.25) is 4.79 Å². The molecule has 2 rings (SSSR count). The van der Waals surface area contributed by atoms with E-state index in [0.29, 0.717) is 5.56 Å². The number of aryl methyl sites for hydroxylation is 3. The third-order valence-electron chi connectivity index (χ3n) is 2.70. The smallest absolute Gasteiger partial charge is 0.228 e. The fraction of sp³-hybridized carbons (Fsp3) is 0.214. The van der Waals surface area contributed by atoms with E-state index < -0.39 is 0 Å². The molecule has 1 heterocycles. The predicted octanol–water partition coefficient (Wildman–Crippen LogP) is 4.09. The van der Waals surface area contributed by atoms with Crippen LogP contribution in [-0.4, -0.2) is 5.78 Å². The van der Waals surface area contributed by atoms with Crippen LogP contribution in [0, 0.1) is 20.8 Å². The van der Waals surface area contributed by atoms with Crippen LogP contribution >= 0.6 is 11.6 Å². The van der Waals surface area contributed by atoms with E-state index in [0.717, 1.165) is 16.7 Å². The summed E-state index contributed by atoms with van der Waals surface area (Å²) in [4.78, 5) is 12.3. The van der Waals surface area contributed by atoms with Crippen molar-refractivity contribution in [3.63, 3.8) is 0 Å². The number of carbonyl (C=O) groups excluding carboxylic acids is 1. The van der Waals surface area contributed by atoms with Gasteiger partial charge in [-0.25, -0.2) is 0 Å². The van der Waals surface area contributed by atoms with E-state index in [1.54, 1.807) is 12.1 Å². The van der Waals surface area contributed by atoms with Gasteiger partial charge in [0.25, 0.3) is 0 Å². The first-order chi connectivity index (χ1) is 7.99. The van der Waals surface area contributed by atoms with Crippen LogP contribution in [0.4, 0.5) is 0 Å². The van der Waals surface area contributed by atoms with Gasteiger partial charge in [-0.1, -0.05) is 17.7 Å². The summed E-state index contributed by atoms with van der Waals surface area (Å²) in [5, 5.41) is 0.232. The minimum absolute atomic E-state index is 0.119. The molecule has 0 fully saturated rings. The van der Waals surface area contributed by atoms with Crippen LogP contribution in [-0.2, 0) is 0 Å². The lowest BCUT2D eigenvalue weighted by Gasteiger charge is -2.08. The molecule has 1 aromatic carbocycles. The fourth-order valence-electron chi connectivity index (χ4n) is 2.10. The summed E-state index contributed by atoms with van der Waals surface area (Å²) in [5.74, 6) is 0.164. The van der Waals surface area contributed by atoms with Crippen molar-refractivity contribution in [1.82, 2.24) is 0 Å². The molecule has 0 saturated heterocycles. The summed E-state index contributed by atoms with van der Waals surface area (Å²) in [6.07, 6.45) is 0. The number of ketones is 1. The van der Waals surface area contributed by atoms with Crippen molar-refractivity contribution < 1.29 is 9.21 Å². The number of furan rings is 1. The molecule has 0 bridgehead atoms. The second-order valence-corrected chi connectivity index (χ2v) is 4.58. The Balaban J connectivity index is 2.51. The van der Waals surface area contributed by atoms with Gasteiger partial charge in [0.1, 0.15) is 0 Å². The first-order valence-electron chi connectivity index (χ1n) is 5.37. The normalized spacial score (nSPS) is 10.6. The van der Waals surface area contributed by atoms with Gasteiger partial charge in [0.15, 0.2) is 11.0 Å². The van der Waals surface area contributed by atoms with Gasteiger partial charge in [0, 0.05) is 5.56 Å². The standard InChI is InChI=1S/C14H13ClO2/c1-8-6-9(2)13(10(3)7-8)14(16)11-4-5-12(15)17-11/h4-7H,1-3H3. The number of benzene rings is 1. The summed E-state index contributed by atoms with van der Waals surface area (Å²) in [7, 11) is 0. The average Bonchev–Trinajstić information content (AvgIpc) is 2.63. The Kier molecular flexibility index (Phi) is 3.07. The zero-order valence-electron chi connectivity index (χ0n) is 10.0. The second kappa shape index (κ2) is 4.38. The molecule has 0 saturated carbocycles. The first-order valence-corrected chi connectivity index (χ1v) is 5.74. The van der Waals surface area contributed by atoms with Crippen LogP contribution in [0.25, 0.3) is 0 Å². The van der Waals surface area contributed by atoms with Crippen molar-refractivity contribution in [3.05, 3.63) is 57.5 Å². The van der Waals surface area contributed by atoms with Gasteiger partial charge < -0.3 is 4.42 Å². The number of rotatable bonds is 2. The van der Waals surface area contributed by atoms with Gasteiger partial charge in [-0.15, -0.1) is 0 Å². The molecule has 0 amide bonds. The Bertz CT molecular complexity index is 559. The molecule has 2 nitrogen and oxygen atoms in total. The van der Waals surface area contributed by atoms with Crippen LogP contribution in [0.3, 0.4) is 0 Å². The number of hydrogen-bond donors (Lipinski definition) is 0. The third-order valence-corrected chi connectivity index (χ3v) is 2.90. The van der Waals surface area contributed by atoms with Crippen LogP contribution in [0.2, 0.25) is 5.22 Å². The SMILES string of the molecule is Cc1cc(C)c(C(=O)c2ccc(Cl)o2)c(C)c1. The summed E-state index contributed by atoms with van der Waals surface area (Å²) in [6, 6.07) is 7.16. The fourth-order valence-corrected chi connectivity index (χ4v) is 2.24. The van der Waals surface area contributed by atoms with E-state index >= 15 is 0 Å². The van der Waals surface area contributed by atoms with E-state index in [-0.39, 0.29) is 16.8 Å². The van der Waals surface area contributed by atoms with Crippen LogP contribution in [0.1, 0.15) is 32.8 Å². The lowest BCUT2D eigenvalue weighted by atomic mass is 9.96. The molecule has 0 N–H and O–H groups in total. The maximum absolute atomic E-state index is 12.3. The average molecular weight is 249 g/mol. The number of halogens is 1. The lowest BCUT2D eigenvalue weighted by Crippen LogP contribution is -2.05. The molecule has 0 atom stereocenters. The second-order valence-electron chi connectivity index (χ2n) is 4.21. The minimum Gasteiger partial charge on any atom is -0.441 e. The molecule has 3 heteroatoms. The molecule has 1 aromatic heterocycles. The Morgan fingerprint density at radius 3 is 2.18 bits per heavy atom. The number of hydrogen-bond acceptors (Lipinski definition) is 2. The topological polar surface area (TPSA) is 30.2 Å². The highest BCUT2D eigenvalue weighted by Crippen LogP contribution is 2.22. The quantitative estimate of drug-likeness (QED) is 0.750. The maximum Gasteiger partial charge on any atom is 0.228 e. The highest BCUT2D eigenvalue weighted by molar-refractivity contribution is 6.29.